The molecule has 1 atom stereocenters. The minimum atomic E-state index is 0. The van der Waals surface area contributed by atoms with Crippen LogP contribution in [-0.4, -0.2) is 60.2 Å². The summed E-state index contributed by atoms with van der Waals surface area (Å²) in [7, 11) is 1.84. The SMILES string of the molecule is CCN(CC)C1CCN(C(=NC)NCc2cc(C(C)C)no2)C1.I. The Hall–Kier alpha value is -0.830. The van der Waals surface area contributed by atoms with Crippen molar-refractivity contribution < 1.29 is 4.52 Å². The Balaban J connectivity index is 0.00000288. The maximum atomic E-state index is 5.38. The molecule has 0 bridgehead atoms. The zero-order valence-corrected chi connectivity index (χ0v) is 17.9. The molecule has 1 saturated heterocycles. The van der Waals surface area contributed by atoms with Crippen molar-refractivity contribution in [2.45, 2.75) is 52.6 Å². The van der Waals surface area contributed by atoms with E-state index in [1.54, 1.807) is 0 Å². The summed E-state index contributed by atoms with van der Waals surface area (Å²) < 4.78 is 5.38. The first-order valence-electron chi connectivity index (χ1n) is 8.74. The van der Waals surface area contributed by atoms with Gasteiger partial charge in [0.05, 0.1) is 12.2 Å². The molecule has 1 unspecified atom stereocenters. The first-order valence-corrected chi connectivity index (χ1v) is 8.74. The monoisotopic (exact) mass is 449 g/mol. The molecule has 138 valence electrons. The van der Waals surface area contributed by atoms with Crippen LogP contribution in [0, 0.1) is 0 Å². The van der Waals surface area contributed by atoms with E-state index in [0.717, 1.165) is 43.6 Å². The van der Waals surface area contributed by atoms with E-state index in [0.29, 0.717) is 18.5 Å². The molecule has 0 amide bonds. The molecule has 1 aliphatic rings. The topological polar surface area (TPSA) is 56.9 Å². The highest BCUT2D eigenvalue weighted by Gasteiger charge is 2.28. The summed E-state index contributed by atoms with van der Waals surface area (Å²) in [4.78, 5) is 9.29. The van der Waals surface area contributed by atoms with Gasteiger partial charge < -0.3 is 14.7 Å². The van der Waals surface area contributed by atoms with Gasteiger partial charge in [0.2, 0.25) is 0 Å². The van der Waals surface area contributed by atoms with Crippen molar-refractivity contribution in [2.24, 2.45) is 4.99 Å². The number of guanidine groups is 1. The molecule has 1 fully saturated rings. The lowest BCUT2D eigenvalue weighted by Gasteiger charge is -2.27. The fraction of sp³-hybridized carbons (Fsp3) is 0.765. The fourth-order valence-corrected chi connectivity index (χ4v) is 3.16. The summed E-state index contributed by atoms with van der Waals surface area (Å²) in [6, 6.07) is 2.65. The van der Waals surface area contributed by atoms with Gasteiger partial charge in [-0.2, -0.15) is 0 Å². The third-order valence-corrected chi connectivity index (χ3v) is 4.59. The molecule has 1 aromatic heterocycles. The molecule has 0 spiro atoms. The van der Waals surface area contributed by atoms with Gasteiger partial charge in [-0.3, -0.25) is 9.89 Å². The predicted molar refractivity (Wildman–Crippen MR) is 109 cm³/mol. The lowest BCUT2D eigenvalue weighted by atomic mass is 10.1. The second kappa shape index (κ2) is 10.2. The van der Waals surface area contributed by atoms with Gasteiger partial charge in [-0.25, -0.2) is 0 Å². The highest BCUT2D eigenvalue weighted by Crippen LogP contribution is 2.16. The standard InChI is InChI=1S/C17H31N5O.HI/c1-6-21(7-2)14-8-9-22(12-14)17(18-5)19-11-15-10-16(13(3)4)20-23-15;/h10,13-14H,6-9,11-12H2,1-5H3,(H,18,19);1H. The fourth-order valence-electron chi connectivity index (χ4n) is 3.16. The molecule has 1 aromatic rings. The van der Waals surface area contributed by atoms with Crippen LogP contribution in [0.3, 0.4) is 0 Å². The van der Waals surface area contributed by atoms with E-state index in [1.165, 1.54) is 6.42 Å². The second-order valence-corrected chi connectivity index (χ2v) is 6.38. The molecule has 2 rings (SSSR count). The van der Waals surface area contributed by atoms with Crippen LogP contribution in [0.15, 0.2) is 15.6 Å². The van der Waals surface area contributed by atoms with E-state index in [1.807, 2.05) is 13.1 Å². The van der Waals surface area contributed by atoms with Crippen molar-refractivity contribution in [3.05, 3.63) is 17.5 Å². The summed E-state index contributed by atoms with van der Waals surface area (Å²) in [6.07, 6.45) is 1.20. The van der Waals surface area contributed by atoms with E-state index in [4.69, 9.17) is 4.52 Å². The summed E-state index contributed by atoms with van der Waals surface area (Å²) in [5.74, 6) is 2.19. The number of hydrogen-bond acceptors (Lipinski definition) is 4. The van der Waals surface area contributed by atoms with E-state index >= 15 is 0 Å². The molecule has 6 nitrogen and oxygen atoms in total. The van der Waals surface area contributed by atoms with Crippen LogP contribution in [0.1, 0.15) is 51.5 Å². The summed E-state index contributed by atoms with van der Waals surface area (Å²) >= 11 is 0. The number of aromatic nitrogens is 1. The van der Waals surface area contributed by atoms with Crippen molar-refractivity contribution in [1.82, 2.24) is 20.3 Å². The van der Waals surface area contributed by atoms with E-state index in [-0.39, 0.29) is 24.0 Å². The summed E-state index contributed by atoms with van der Waals surface area (Å²) in [6.45, 7) is 13.6. The molecular weight excluding hydrogens is 417 g/mol. The van der Waals surface area contributed by atoms with Crippen LogP contribution in [0.4, 0.5) is 0 Å². The second-order valence-electron chi connectivity index (χ2n) is 6.38. The number of likely N-dealkylation sites (tertiary alicyclic amines) is 1. The summed E-state index contributed by atoms with van der Waals surface area (Å²) in [5.41, 5.74) is 1.000. The number of rotatable bonds is 6. The predicted octanol–water partition coefficient (Wildman–Crippen LogP) is 2.91. The van der Waals surface area contributed by atoms with Crippen LogP contribution in [0.5, 0.6) is 0 Å². The highest BCUT2D eigenvalue weighted by molar-refractivity contribution is 14.0. The van der Waals surface area contributed by atoms with Gasteiger partial charge in [0, 0.05) is 32.2 Å². The molecule has 2 heterocycles. The lowest BCUT2D eigenvalue weighted by Crippen LogP contribution is -2.43. The Morgan fingerprint density at radius 1 is 1.46 bits per heavy atom. The number of nitrogens with zero attached hydrogens (tertiary/aromatic N) is 4. The van der Waals surface area contributed by atoms with Crippen LogP contribution >= 0.6 is 24.0 Å². The zero-order valence-electron chi connectivity index (χ0n) is 15.6. The molecule has 1 aliphatic heterocycles. The van der Waals surface area contributed by atoms with Gasteiger partial charge in [0.1, 0.15) is 0 Å². The van der Waals surface area contributed by atoms with E-state index in [9.17, 15) is 0 Å². The van der Waals surface area contributed by atoms with Crippen LogP contribution in [-0.2, 0) is 6.54 Å². The highest BCUT2D eigenvalue weighted by atomic mass is 127. The van der Waals surface area contributed by atoms with E-state index in [2.05, 4.69) is 53.0 Å². The Morgan fingerprint density at radius 3 is 2.71 bits per heavy atom. The lowest BCUT2D eigenvalue weighted by molar-refractivity contribution is 0.223. The average molecular weight is 449 g/mol. The van der Waals surface area contributed by atoms with Gasteiger partial charge in [-0.05, 0) is 25.4 Å². The number of nitrogens with one attached hydrogen (secondary N) is 1. The Kier molecular flexibility index (Phi) is 9.04. The Labute approximate surface area is 163 Å². The van der Waals surface area contributed by atoms with Crippen molar-refractivity contribution >= 4 is 29.9 Å². The number of likely N-dealkylation sites (N-methyl/N-ethyl adjacent to an activating group) is 1. The van der Waals surface area contributed by atoms with Crippen LogP contribution in [0.25, 0.3) is 0 Å². The molecule has 0 aliphatic carbocycles. The van der Waals surface area contributed by atoms with Gasteiger partial charge in [0.25, 0.3) is 0 Å². The minimum absolute atomic E-state index is 0. The minimum Gasteiger partial charge on any atom is -0.359 e. The Bertz CT molecular complexity index is 513. The van der Waals surface area contributed by atoms with E-state index < -0.39 is 0 Å². The molecular formula is C17H32IN5O. The third-order valence-electron chi connectivity index (χ3n) is 4.59. The largest absolute Gasteiger partial charge is 0.359 e. The average Bonchev–Trinajstić information content (AvgIpc) is 3.19. The van der Waals surface area contributed by atoms with Crippen molar-refractivity contribution in [3.8, 4) is 0 Å². The van der Waals surface area contributed by atoms with Gasteiger partial charge in [0.15, 0.2) is 11.7 Å². The van der Waals surface area contributed by atoms with Gasteiger partial charge in [-0.1, -0.05) is 32.9 Å². The number of aliphatic imine (C=N–C) groups is 1. The first-order chi connectivity index (χ1) is 11.1. The van der Waals surface area contributed by atoms with Gasteiger partial charge in [-0.15, -0.1) is 24.0 Å². The van der Waals surface area contributed by atoms with Crippen molar-refractivity contribution in [3.63, 3.8) is 0 Å². The molecule has 0 radical (unpaired) electrons. The quantitative estimate of drug-likeness (QED) is 0.411. The molecule has 0 aromatic carbocycles. The Morgan fingerprint density at radius 2 is 2.17 bits per heavy atom. The van der Waals surface area contributed by atoms with Crippen molar-refractivity contribution in [1.29, 1.82) is 0 Å². The number of hydrogen-bond donors (Lipinski definition) is 1. The first kappa shape index (κ1) is 21.2. The number of halogens is 1. The maximum absolute atomic E-state index is 5.38. The molecule has 1 N–H and O–H groups in total. The smallest absolute Gasteiger partial charge is 0.194 e. The van der Waals surface area contributed by atoms with Gasteiger partial charge >= 0.3 is 0 Å². The zero-order chi connectivity index (χ0) is 16.8. The third kappa shape index (κ3) is 5.34. The van der Waals surface area contributed by atoms with Crippen LogP contribution in [0.2, 0.25) is 0 Å². The van der Waals surface area contributed by atoms with Crippen molar-refractivity contribution in [2.75, 3.05) is 33.2 Å². The maximum Gasteiger partial charge on any atom is 0.194 e. The molecule has 0 saturated carbocycles. The molecule has 24 heavy (non-hydrogen) atoms. The molecule has 7 heteroatoms. The van der Waals surface area contributed by atoms with Crippen LogP contribution < -0.4 is 5.32 Å². The normalized spacial score (nSPS) is 18.4. The summed E-state index contributed by atoms with van der Waals surface area (Å²) in [5, 5.41) is 7.50.